The van der Waals surface area contributed by atoms with Crippen molar-refractivity contribution in [3.8, 4) is 11.4 Å². The molecular weight excluding hydrogens is 331 g/mol. The van der Waals surface area contributed by atoms with Gasteiger partial charge in [0.15, 0.2) is 5.82 Å². The van der Waals surface area contributed by atoms with Crippen LogP contribution in [-0.4, -0.2) is 21.9 Å². The van der Waals surface area contributed by atoms with Crippen LogP contribution < -0.4 is 10.6 Å². The van der Waals surface area contributed by atoms with Crippen molar-refractivity contribution in [1.82, 2.24) is 9.97 Å². The van der Waals surface area contributed by atoms with Gasteiger partial charge in [0.25, 0.3) is 5.91 Å². The van der Waals surface area contributed by atoms with Crippen LogP contribution in [0.25, 0.3) is 11.4 Å². The van der Waals surface area contributed by atoms with E-state index < -0.39 is 11.7 Å². The molecule has 0 aliphatic heterocycles. The molecule has 1 aliphatic rings. The van der Waals surface area contributed by atoms with Crippen LogP contribution in [0.5, 0.6) is 0 Å². The van der Waals surface area contributed by atoms with E-state index in [-0.39, 0.29) is 5.69 Å². The Balaban J connectivity index is 1.66. The largest absolute Gasteiger partial charge is 0.367 e. The minimum Gasteiger partial charge on any atom is -0.367 e. The summed E-state index contributed by atoms with van der Waals surface area (Å²) in [6, 6.07) is 17.3. The van der Waals surface area contributed by atoms with E-state index in [0.29, 0.717) is 23.4 Å². The first-order chi connectivity index (χ1) is 12.7. The molecule has 0 bridgehead atoms. The van der Waals surface area contributed by atoms with Crippen LogP contribution in [0.4, 0.5) is 15.9 Å². The third-order valence-corrected chi connectivity index (χ3v) is 4.00. The second-order valence-electron chi connectivity index (χ2n) is 6.21. The quantitative estimate of drug-likeness (QED) is 0.728. The van der Waals surface area contributed by atoms with Crippen LogP contribution in [0.3, 0.4) is 0 Å². The van der Waals surface area contributed by atoms with E-state index in [1.807, 2.05) is 30.3 Å². The second kappa shape index (κ2) is 6.92. The standard InChI is InChI=1S/C20H17FN4O/c21-14-7-4-8-16(11-14)23-20(26)17-12-18(22-15-9-10-15)25-19(24-17)13-5-2-1-3-6-13/h1-8,11-12,15H,9-10H2,(H,23,26)(H,22,24,25). The number of aromatic nitrogens is 2. The third kappa shape index (κ3) is 3.85. The monoisotopic (exact) mass is 348 g/mol. The number of carbonyl (C=O) groups excluding carboxylic acids is 1. The van der Waals surface area contributed by atoms with Crippen molar-refractivity contribution in [2.45, 2.75) is 18.9 Å². The summed E-state index contributed by atoms with van der Waals surface area (Å²) in [6.45, 7) is 0. The highest BCUT2D eigenvalue weighted by Gasteiger charge is 2.23. The van der Waals surface area contributed by atoms with E-state index in [9.17, 15) is 9.18 Å². The zero-order chi connectivity index (χ0) is 17.9. The van der Waals surface area contributed by atoms with Crippen molar-refractivity contribution in [2.24, 2.45) is 0 Å². The lowest BCUT2D eigenvalue weighted by Gasteiger charge is -2.10. The van der Waals surface area contributed by atoms with Crippen molar-refractivity contribution in [3.05, 3.63) is 72.2 Å². The lowest BCUT2D eigenvalue weighted by Crippen LogP contribution is -2.16. The minimum absolute atomic E-state index is 0.228. The number of nitrogens with one attached hydrogen (secondary N) is 2. The molecule has 1 fully saturated rings. The van der Waals surface area contributed by atoms with Gasteiger partial charge in [-0.05, 0) is 31.0 Å². The summed E-state index contributed by atoms with van der Waals surface area (Å²) in [6.07, 6.45) is 2.19. The Morgan fingerprint density at radius 1 is 1.00 bits per heavy atom. The summed E-state index contributed by atoms with van der Waals surface area (Å²) >= 11 is 0. The molecule has 1 heterocycles. The third-order valence-electron chi connectivity index (χ3n) is 4.00. The van der Waals surface area contributed by atoms with Crippen LogP contribution in [-0.2, 0) is 0 Å². The Hall–Kier alpha value is -3.28. The molecule has 0 radical (unpaired) electrons. The minimum atomic E-state index is -0.411. The van der Waals surface area contributed by atoms with Gasteiger partial charge in [0.1, 0.15) is 17.3 Å². The fraction of sp³-hybridized carbons (Fsp3) is 0.150. The average molecular weight is 348 g/mol. The van der Waals surface area contributed by atoms with Gasteiger partial charge >= 0.3 is 0 Å². The van der Waals surface area contributed by atoms with Gasteiger partial charge in [-0.25, -0.2) is 14.4 Å². The summed E-state index contributed by atoms with van der Waals surface area (Å²) in [5.74, 6) is 0.270. The Kier molecular flexibility index (Phi) is 4.31. The fourth-order valence-corrected chi connectivity index (χ4v) is 2.55. The van der Waals surface area contributed by atoms with E-state index in [4.69, 9.17) is 0 Å². The normalized spacial score (nSPS) is 13.3. The van der Waals surface area contributed by atoms with E-state index in [2.05, 4.69) is 20.6 Å². The van der Waals surface area contributed by atoms with Crippen LogP contribution in [0.2, 0.25) is 0 Å². The maximum Gasteiger partial charge on any atom is 0.274 e. The molecule has 6 heteroatoms. The van der Waals surface area contributed by atoms with E-state index in [1.54, 1.807) is 18.2 Å². The van der Waals surface area contributed by atoms with Gasteiger partial charge in [0, 0.05) is 23.4 Å². The lowest BCUT2D eigenvalue weighted by molar-refractivity contribution is 0.102. The van der Waals surface area contributed by atoms with Gasteiger partial charge in [-0.2, -0.15) is 0 Å². The Bertz CT molecular complexity index is 942. The number of nitrogens with zero attached hydrogens (tertiary/aromatic N) is 2. The maximum absolute atomic E-state index is 13.3. The molecule has 4 rings (SSSR count). The number of amides is 1. The molecule has 26 heavy (non-hydrogen) atoms. The number of anilines is 2. The van der Waals surface area contributed by atoms with E-state index >= 15 is 0 Å². The summed E-state index contributed by atoms with van der Waals surface area (Å²) in [4.78, 5) is 21.5. The van der Waals surface area contributed by atoms with E-state index in [1.165, 1.54) is 12.1 Å². The molecule has 1 amide bonds. The van der Waals surface area contributed by atoms with Crippen molar-refractivity contribution >= 4 is 17.4 Å². The number of rotatable bonds is 5. The molecule has 130 valence electrons. The average Bonchev–Trinajstić information content (AvgIpc) is 3.46. The molecule has 0 spiro atoms. The second-order valence-corrected chi connectivity index (χ2v) is 6.21. The molecule has 1 aromatic heterocycles. The van der Waals surface area contributed by atoms with Crippen molar-refractivity contribution in [1.29, 1.82) is 0 Å². The first-order valence-electron chi connectivity index (χ1n) is 8.45. The Morgan fingerprint density at radius 2 is 1.81 bits per heavy atom. The highest BCUT2D eigenvalue weighted by molar-refractivity contribution is 6.03. The number of benzene rings is 2. The molecule has 0 saturated heterocycles. The topological polar surface area (TPSA) is 66.9 Å². The van der Waals surface area contributed by atoms with Gasteiger partial charge in [-0.15, -0.1) is 0 Å². The van der Waals surface area contributed by atoms with Gasteiger partial charge in [-0.3, -0.25) is 4.79 Å². The van der Waals surface area contributed by atoms with Crippen LogP contribution in [0, 0.1) is 5.82 Å². The molecule has 1 saturated carbocycles. The highest BCUT2D eigenvalue weighted by atomic mass is 19.1. The first-order valence-corrected chi connectivity index (χ1v) is 8.45. The smallest absolute Gasteiger partial charge is 0.274 e. The maximum atomic E-state index is 13.3. The molecule has 0 atom stereocenters. The Labute approximate surface area is 150 Å². The molecule has 1 aliphatic carbocycles. The van der Waals surface area contributed by atoms with Crippen molar-refractivity contribution in [2.75, 3.05) is 10.6 Å². The van der Waals surface area contributed by atoms with Gasteiger partial charge in [0.2, 0.25) is 0 Å². The number of carbonyl (C=O) groups is 1. The SMILES string of the molecule is O=C(Nc1cccc(F)c1)c1cc(NC2CC2)nc(-c2ccccc2)n1. The number of hydrogen-bond donors (Lipinski definition) is 2. The first kappa shape index (κ1) is 16.2. The van der Waals surface area contributed by atoms with Crippen molar-refractivity contribution in [3.63, 3.8) is 0 Å². The van der Waals surface area contributed by atoms with Gasteiger partial charge in [0.05, 0.1) is 0 Å². The van der Waals surface area contributed by atoms with Crippen LogP contribution >= 0.6 is 0 Å². The van der Waals surface area contributed by atoms with Gasteiger partial charge < -0.3 is 10.6 Å². The zero-order valence-electron chi connectivity index (χ0n) is 13.9. The molecule has 0 unspecified atom stereocenters. The fourth-order valence-electron chi connectivity index (χ4n) is 2.55. The molecular formula is C20H17FN4O. The number of halogens is 1. The molecule has 3 aromatic rings. The van der Waals surface area contributed by atoms with Crippen LogP contribution in [0.1, 0.15) is 23.3 Å². The highest BCUT2D eigenvalue weighted by Crippen LogP contribution is 2.25. The lowest BCUT2D eigenvalue weighted by atomic mass is 10.2. The molecule has 2 aromatic carbocycles. The summed E-state index contributed by atoms with van der Waals surface area (Å²) in [5.41, 5.74) is 1.43. The summed E-state index contributed by atoms with van der Waals surface area (Å²) < 4.78 is 13.3. The predicted octanol–water partition coefficient (Wildman–Crippen LogP) is 4.11. The molecule has 5 nitrogen and oxygen atoms in total. The Morgan fingerprint density at radius 3 is 2.54 bits per heavy atom. The van der Waals surface area contributed by atoms with E-state index in [0.717, 1.165) is 18.4 Å². The van der Waals surface area contributed by atoms with Crippen molar-refractivity contribution < 1.29 is 9.18 Å². The number of hydrogen-bond acceptors (Lipinski definition) is 4. The summed E-state index contributed by atoms with van der Waals surface area (Å²) in [7, 11) is 0. The zero-order valence-corrected chi connectivity index (χ0v) is 13.9. The van der Waals surface area contributed by atoms with Crippen LogP contribution in [0.15, 0.2) is 60.7 Å². The molecule has 2 N–H and O–H groups in total. The summed E-state index contributed by atoms with van der Waals surface area (Å²) in [5, 5.41) is 5.98. The predicted molar refractivity (Wildman–Crippen MR) is 98.5 cm³/mol. The van der Waals surface area contributed by atoms with Gasteiger partial charge in [-0.1, -0.05) is 36.4 Å².